The second-order valence-electron chi connectivity index (χ2n) is 6.17. The quantitative estimate of drug-likeness (QED) is 0.649. The van der Waals surface area contributed by atoms with E-state index in [1.54, 1.807) is 12.1 Å². The maximum atomic E-state index is 13.2. The van der Waals surface area contributed by atoms with E-state index in [0.717, 1.165) is 16.7 Å². The van der Waals surface area contributed by atoms with Crippen LogP contribution in [0, 0.1) is 6.92 Å². The van der Waals surface area contributed by atoms with Crippen molar-refractivity contribution in [3.8, 4) is 5.75 Å². The monoisotopic (exact) mass is 401 g/mol. The minimum Gasteiger partial charge on any atom is -0.495 e. The molecule has 0 saturated heterocycles. The number of ether oxygens (including phenoxy) is 1. The van der Waals surface area contributed by atoms with Gasteiger partial charge in [-0.2, -0.15) is 4.72 Å². The molecule has 0 fully saturated rings. The largest absolute Gasteiger partial charge is 0.495 e. The molecule has 0 unspecified atom stereocenters. The summed E-state index contributed by atoms with van der Waals surface area (Å²) in [4.78, 5) is 0.00563. The number of sulfonamides is 1. The Bertz CT molecular complexity index is 1040. The standard InChI is InChI=1S/C21H20ClNO3S/c1-15-7-6-10-17(13-15)21(16-8-4-3-5-9-16)23-27(24,25)20-14-18(22)11-12-19(20)26-2/h3-14,21,23H,1-2H3/t21-/m0/s1. The van der Waals surface area contributed by atoms with Gasteiger partial charge in [0.25, 0.3) is 0 Å². The Morgan fingerprint density at radius 3 is 2.30 bits per heavy atom. The van der Waals surface area contributed by atoms with Crippen LogP contribution in [0.4, 0.5) is 0 Å². The van der Waals surface area contributed by atoms with Crippen LogP contribution in [-0.2, 0) is 10.0 Å². The van der Waals surface area contributed by atoms with Crippen LogP contribution in [0.2, 0.25) is 5.02 Å². The van der Waals surface area contributed by atoms with Gasteiger partial charge in [-0.05, 0) is 36.2 Å². The summed E-state index contributed by atoms with van der Waals surface area (Å²) in [7, 11) is -2.47. The molecular formula is C21H20ClNO3S. The van der Waals surface area contributed by atoms with Crippen LogP contribution in [0.5, 0.6) is 5.75 Å². The van der Waals surface area contributed by atoms with Crippen molar-refractivity contribution < 1.29 is 13.2 Å². The van der Waals surface area contributed by atoms with E-state index in [2.05, 4.69) is 4.72 Å². The van der Waals surface area contributed by atoms with Crippen molar-refractivity contribution in [1.82, 2.24) is 4.72 Å². The molecule has 140 valence electrons. The minimum absolute atomic E-state index is 0.00563. The zero-order chi connectivity index (χ0) is 19.4. The van der Waals surface area contributed by atoms with Crippen molar-refractivity contribution >= 4 is 21.6 Å². The lowest BCUT2D eigenvalue weighted by molar-refractivity contribution is 0.402. The first-order chi connectivity index (χ1) is 12.9. The van der Waals surface area contributed by atoms with Gasteiger partial charge in [-0.1, -0.05) is 71.8 Å². The molecule has 1 N–H and O–H groups in total. The van der Waals surface area contributed by atoms with Crippen LogP contribution in [-0.4, -0.2) is 15.5 Å². The van der Waals surface area contributed by atoms with Crippen LogP contribution in [0.15, 0.2) is 77.7 Å². The molecule has 0 amide bonds. The number of methoxy groups -OCH3 is 1. The van der Waals surface area contributed by atoms with Crippen molar-refractivity contribution in [1.29, 1.82) is 0 Å². The van der Waals surface area contributed by atoms with Crippen molar-refractivity contribution in [2.45, 2.75) is 17.9 Å². The molecule has 3 aromatic rings. The summed E-state index contributed by atoms with van der Waals surface area (Å²) in [6.45, 7) is 1.97. The third kappa shape index (κ3) is 4.50. The summed E-state index contributed by atoms with van der Waals surface area (Å²) in [5.74, 6) is 0.239. The molecular weight excluding hydrogens is 382 g/mol. The van der Waals surface area contributed by atoms with E-state index in [-0.39, 0.29) is 10.6 Å². The molecule has 0 aliphatic rings. The molecule has 0 saturated carbocycles. The topological polar surface area (TPSA) is 55.4 Å². The van der Waals surface area contributed by atoms with Crippen molar-refractivity contribution in [3.05, 3.63) is 94.5 Å². The van der Waals surface area contributed by atoms with Gasteiger partial charge < -0.3 is 4.74 Å². The van der Waals surface area contributed by atoms with Crippen LogP contribution in [0.3, 0.4) is 0 Å². The van der Waals surface area contributed by atoms with Crippen LogP contribution >= 0.6 is 11.6 Å². The normalized spacial score (nSPS) is 12.6. The van der Waals surface area contributed by atoms with Crippen molar-refractivity contribution in [2.24, 2.45) is 0 Å². The van der Waals surface area contributed by atoms with E-state index in [4.69, 9.17) is 16.3 Å². The Kier molecular flexibility index (Phi) is 5.85. The lowest BCUT2D eigenvalue weighted by Gasteiger charge is -2.21. The summed E-state index contributed by atoms with van der Waals surface area (Å²) in [5, 5.41) is 0.322. The lowest BCUT2D eigenvalue weighted by atomic mass is 9.98. The van der Waals surface area contributed by atoms with Gasteiger partial charge >= 0.3 is 0 Å². The first-order valence-electron chi connectivity index (χ1n) is 8.38. The second kappa shape index (κ2) is 8.13. The van der Waals surface area contributed by atoms with Crippen molar-refractivity contribution in [3.63, 3.8) is 0 Å². The Morgan fingerprint density at radius 1 is 0.926 bits per heavy atom. The zero-order valence-corrected chi connectivity index (χ0v) is 16.6. The summed E-state index contributed by atoms with van der Waals surface area (Å²) < 4.78 is 34.3. The van der Waals surface area contributed by atoms with Gasteiger partial charge in [0.15, 0.2) is 0 Å². The maximum Gasteiger partial charge on any atom is 0.245 e. The highest BCUT2D eigenvalue weighted by atomic mass is 35.5. The fourth-order valence-electron chi connectivity index (χ4n) is 2.90. The van der Waals surface area contributed by atoms with Gasteiger partial charge in [0.05, 0.1) is 13.2 Å². The number of halogens is 1. The molecule has 0 bridgehead atoms. The number of rotatable bonds is 6. The van der Waals surface area contributed by atoms with E-state index in [0.29, 0.717) is 5.02 Å². The van der Waals surface area contributed by atoms with E-state index in [1.807, 2.05) is 61.5 Å². The highest BCUT2D eigenvalue weighted by molar-refractivity contribution is 7.89. The molecule has 0 radical (unpaired) electrons. The first-order valence-corrected chi connectivity index (χ1v) is 10.2. The highest BCUT2D eigenvalue weighted by Gasteiger charge is 2.26. The third-order valence-corrected chi connectivity index (χ3v) is 5.88. The van der Waals surface area contributed by atoms with E-state index in [1.165, 1.54) is 13.2 Å². The average Bonchev–Trinajstić information content (AvgIpc) is 2.67. The van der Waals surface area contributed by atoms with Gasteiger partial charge in [0.1, 0.15) is 10.6 Å². The van der Waals surface area contributed by atoms with Gasteiger partial charge in [0.2, 0.25) is 10.0 Å². The number of hydrogen-bond donors (Lipinski definition) is 1. The smallest absolute Gasteiger partial charge is 0.245 e. The molecule has 0 heterocycles. The number of aryl methyl sites for hydroxylation is 1. The van der Waals surface area contributed by atoms with Crippen molar-refractivity contribution in [2.75, 3.05) is 7.11 Å². The number of benzene rings is 3. The number of hydrogen-bond acceptors (Lipinski definition) is 3. The van der Waals surface area contributed by atoms with Gasteiger partial charge in [-0.3, -0.25) is 0 Å². The van der Waals surface area contributed by atoms with E-state index in [9.17, 15) is 8.42 Å². The van der Waals surface area contributed by atoms with Gasteiger partial charge in [-0.25, -0.2) is 8.42 Å². The minimum atomic E-state index is -3.89. The maximum absolute atomic E-state index is 13.2. The zero-order valence-electron chi connectivity index (χ0n) is 15.0. The fraction of sp³-hybridized carbons (Fsp3) is 0.143. The fourth-order valence-corrected chi connectivity index (χ4v) is 4.55. The van der Waals surface area contributed by atoms with Crippen LogP contribution in [0.1, 0.15) is 22.7 Å². The summed E-state index contributed by atoms with van der Waals surface area (Å²) in [6, 6.07) is 21.2. The molecule has 3 aromatic carbocycles. The van der Waals surface area contributed by atoms with Gasteiger partial charge in [-0.15, -0.1) is 0 Å². The summed E-state index contributed by atoms with van der Waals surface area (Å²) >= 11 is 6.02. The highest BCUT2D eigenvalue weighted by Crippen LogP contribution is 2.30. The average molecular weight is 402 g/mol. The summed E-state index contributed by atoms with van der Waals surface area (Å²) in [5.41, 5.74) is 2.74. The Morgan fingerprint density at radius 2 is 1.63 bits per heavy atom. The molecule has 0 aromatic heterocycles. The predicted molar refractivity (Wildman–Crippen MR) is 108 cm³/mol. The lowest BCUT2D eigenvalue weighted by Crippen LogP contribution is -2.29. The Hall–Kier alpha value is -2.34. The van der Waals surface area contributed by atoms with Crippen LogP contribution < -0.4 is 9.46 Å². The summed E-state index contributed by atoms with van der Waals surface area (Å²) in [6.07, 6.45) is 0. The first kappa shape index (κ1) is 19.4. The SMILES string of the molecule is COc1ccc(Cl)cc1S(=O)(=O)N[C@@H](c1ccccc1)c1cccc(C)c1. The predicted octanol–water partition coefficient (Wildman–Crippen LogP) is 4.72. The number of nitrogens with one attached hydrogen (secondary N) is 1. The molecule has 3 rings (SSSR count). The molecule has 4 nitrogen and oxygen atoms in total. The second-order valence-corrected chi connectivity index (χ2v) is 8.29. The van der Waals surface area contributed by atoms with Gasteiger partial charge in [0, 0.05) is 5.02 Å². The Labute approximate surface area is 164 Å². The molecule has 0 aliphatic carbocycles. The molecule has 27 heavy (non-hydrogen) atoms. The molecule has 0 aliphatic heterocycles. The molecule has 1 atom stereocenters. The molecule has 6 heteroatoms. The Balaban J connectivity index is 2.08. The van der Waals surface area contributed by atoms with E-state index >= 15 is 0 Å². The molecule has 0 spiro atoms. The van der Waals surface area contributed by atoms with E-state index < -0.39 is 16.1 Å². The van der Waals surface area contributed by atoms with Crippen LogP contribution in [0.25, 0.3) is 0 Å². The third-order valence-electron chi connectivity index (χ3n) is 4.20.